The first-order valence-electron chi connectivity index (χ1n) is 6.04. The Kier molecular flexibility index (Phi) is 3.61. The van der Waals surface area contributed by atoms with Crippen molar-refractivity contribution in [2.24, 2.45) is 0 Å². The molecule has 0 spiro atoms. The van der Waals surface area contributed by atoms with Gasteiger partial charge in [-0.3, -0.25) is 4.79 Å². The Morgan fingerprint density at radius 3 is 2.53 bits per heavy atom. The molecule has 19 heavy (non-hydrogen) atoms. The van der Waals surface area contributed by atoms with Crippen molar-refractivity contribution in [2.45, 2.75) is 19.4 Å². The highest BCUT2D eigenvalue weighted by atomic mass is 16.5. The normalized spacial score (nSPS) is 17.4. The Morgan fingerprint density at radius 2 is 2.00 bits per heavy atom. The van der Waals surface area contributed by atoms with Crippen molar-refractivity contribution >= 4 is 5.91 Å². The SMILES string of the molecule is COc1cc2c(cc1OC)[C@@H](C#N)N(C(C)=O)CC2. The summed E-state index contributed by atoms with van der Waals surface area (Å²) in [6.45, 7) is 2.03. The Labute approximate surface area is 112 Å². The van der Waals surface area contributed by atoms with E-state index in [0.717, 1.165) is 11.1 Å². The summed E-state index contributed by atoms with van der Waals surface area (Å²) in [5, 5.41) is 9.33. The molecule has 0 saturated heterocycles. The molecule has 0 radical (unpaired) electrons. The van der Waals surface area contributed by atoms with E-state index < -0.39 is 6.04 Å². The number of fused-ring (bicyclic) bond motifs is 1. The number of amides is 1. The van der Waals surface area contributed by atoms with Crippen LogP contribution in [0.5, 0.6) is 11.5 Å². The van der Waals surface area contributed by atoms with Crippen molar-refractivity contribution < 1.29 is 14.3 Å². The van der Waals surface area contributed by atoms with Crippen LogP contribution in [0.1, 0.15) is 24.1 Å². The van der Waals surface area contributed by atoms with Crippen LogP contribution < -0.4 is 9.47 Å². The summed E-state index contributed by atoms with van der Waals surface area (Å²) in [6.07, 6.45) is 0.716. The van der Waals surface area contributed by atoms with Gasteiger partial charge in [-0.1, -0.05) is 0 Å². The van der Waals surface area contributed by atoms with E-state index in [0.29, 0.717) is 24.5 Å². The quantitative estimate of drug-likeness (QED) is 0.811. The Balaban J connectivity index is 2.52. The van der Waals surface area contributed by atoms with E-state index >= 15 is 0 Å². The van der Waals surface area contributed by atoms with Gasteiger partial charge in [-0.15, -0.1) is 0 Å². The topological polar surface area (TPSA) is 62.6 Å². The maximum Gasteiger partial charge on any atom is 0.220 e. The molecule has 1 aliphatic heterocycles. The van der Waals surface area contributed by atoms with Crippen molar-refractivity contribution in [1.29, 1.82) is 5.26 Å². The largest absolute Gasteiger partial charge is 0.493 e. The molecule has 0 aliphatic carbocycles. The standard InChI is InChI=1S/C14H16N2O3/c1-9(17)16-5-4-10-6-13(18-2)14(19-3)7-11(10)12(16)8-15/h6-7,12H,4-5H2,1-3H3/t12-/m1/s1. The summed E-state index contributed by atoms with van der Waals surface area (Å²) in [6, 6.07) is 5.31. The third-order valence-electron chi connectivity index (χ3n) is 3.40. The van der Waals surface area contributed by atoms with Crippen molar-refractivity contribution in [3.63, 3.8) is 0 Å². The third kappa shape index (κ3) is 2.22. The van der Waals surface area contributed by atoms with Crippen molar-refractivity contribution in [3.8, 4) is 17.6 Å². The second kappa shape index (κ2) is 5.19. The van der Waals surface area contributed by atoms with Crippen LogP contribution in [0.4, 0.5) is 0 Å². The molecular formula is C14H16N2O3. The van der Waals surface area contributed by atoms with E-state index in [1.54, 1.807) is 25.2 Å². The molecule has 1 aromatic rings. The predicted molar refractivity (Wildman–Crippen MR) is 69.0 cm³/mol. The minimum absolute atomic E-state index is 0.0908. The lowest BCUT2D eigenvalue weighted by molar-refractivity contribution is -0.130. The molecule has 1 aromatic carbocycles. The van der Waals surface area contributed by atoms with Crippen LogP contribution in [-0.2, 0) is 11.2 Å². The monoisotopic (exact) mass is 260 g/mol. The number of methoxy groups -OCH3 is 2. The first kappa shape index (κ1) is 13.2. The van der Waals surface area contributed by atoms with E-state index in [9.17, 15) is 10.1 Å². The van der Waals surface area contributed by atoms with Crippen LogP contribution in [0.15, 0.2) is 12.1 Å². The van der Waals surface area contributed by atoms with Crippen molar-refractivity contribution in [1.82, 2.24) is 4.90 Å². The summed E-state index contributed by atoms with van der Waals surface area (Å²) in [4.78, 5) is 13.2. The Morgan fingerprint density at radius 1 is 1.37 bits per heavy atom. The average molecular weight is 260 g/mol. The first-order chi connectivity index (χ1) is 9.12. The van der Waals surface area contributed by atoms with Gasteiger partial charge in [0.1, 0.15) is 6.04 Å². The van der Waals surface area contributed by atoms with Gasteiger partial charge in [0.25, 0.3) is 0 Å². The van der Waals surface area contributed by atoms with Gasteiger partial charge >= 0.3 is 0 Å². The summed E-state index contributed by atoms with van der Waals surface area (Å²) in [5.41, 5.74) is 1.85. The Bertz CT molecular complexity index is 548. The molecule has 0 bridgehead atoms. The highest BCUT2D eigenvalue weighted by Gasteiger charge is 2.30. The maximum absolute atomic E-state index is 11.6. The van der Waals surface area contributed by atoms with Crippen LogP contribution in [0.3, 0.4) is 0 Å². The van der Waals surface area contributed by atoms with E-state index in [4.69, 9.17) is 9.47 Å². The van der Waals surface area contributed by atoms with E-state index in [2.05, 4.69) is 6.07 Å². The molecule has 1 aliphatic rings. The van der Waals surface area contributed by atoms with E-state index in [-0.39, 0.29) is 5.91 Å². The zero-order chi connectivity index (χ0) is 14.0. The molecule has 2 rings (SSSR count). The number of carbonyl (C=O) groups excluding carboxylic acids is 1. The highest BCUT2D eigenvalue weighted by Crippen LogP contribution is 2.37. The Hall–Kier alpha value is -2.22. The molecule has 0 fully saturated rings. The van der Waals surface area contributed by atoms with Crippen LogP contribution in [0.25, 0.3) is 0 Å². The fourth-order valence-electron chi connectivity index (χ4n) is 2.42. The number of benzene rings is 1. The molecule has 1 heterocycles. The minimum Gasteiger partial charge on any atom is -0.493 e. The van der Waals surface area contributed by atoms with Crippen molar-refractivity contribution in [2.75, 3.05) is 20.8 Å². The lowest BCUT2D eigenvalue weighted by Crippen LogP contribution is -2.38. The lowest BCUT2D eigenvalue weighted by Gasteiger charge is -2.33. The van der Waals surface area contributed by atoms with E-state index in [1.807, 2.05) is 6.07 Å². The fourth-order valence-corrected chi connectivity index (χ4v) is 2.42. The molecule has 0 aromatic heterocycles. The number of nitrogens with zero attached hydrogens (tertiary/aromatic N) is 2. The number of rotatable bonds is 2. The zero-order valence-corrected chi connectivity index (χ0v) is 11.3. The second-order valence-electron chi connectivity index (χ2n) is 4.40. The van der Waals surface area contributed by atoms with Crippen LogP contribution >= 0.6 is 0 Å². The minimum atomic E-state index is -0.555. The molecule has 0 unspecified atom stereocenters. The van der Waals surface area contributed by atoms with Gasteiger partial charge in [0.05, 0.1) is 20.3 Å². The molecule has 0 N–H and O–H groups in total. The molecular weight excluding hydrogens is 244 g/mol. The molecule has 1 amide bonds. The average Bonchev–Trinajstić information content (AvgIpc) is 2.43. The third-order valence-corrected chi connectivity index (χ3v) is 3.40. The van der Waals surface area contributed by atoms with Gasteiger partial charge in [-0.2, -0.15) is 5.26 Å². The smallest absolute Gasteiger partial charge is 0.220 e. The van der Waals surface area contributed by atoms with Crippen LogP contribution in [0.2, 0.25) is 0 Å². The van der Waals surface area contributed by atoms with Gasteiger partial charge in [-0.25, -0.2) is 0 Å². The first-order valence-corrected chi connectivity index (χ1v) is 6.04. The number of nitriles is 1. The van der Waals surface area contributed by atoms with Gasteiger partial charge in [-0.05, 0) is 29.7 Å². The number of carbonyl (C=O) groups is 1. The van der Waals surface area contributed by atoms with E-state index in [1.165, 1.54) is 6.92 Å². The van der Waals surface area contributed by atoms with Crippen molar-refractivity contribution in [3.05, 3.63) is 23.3 Å². The van der Waals surface area contributed by atoms with Gasteiger partial charge in [0.2, 0.25) is 5.91 Å². The molecule has 100 valence electrons. The predicted octanol–water partition coefficient (Wildman–Crippen LogP) is 1.67. The van der Waals surface area contributed by atoms with Crippen LogP contribution in [-0.4, -0.2) is 31.6 Å². The molecule has 0 saturated carbocycles. The summed E-state index contributed by atoms with van der Waals surface area (Å²) >= 11 is 0. The number of hydrogen-bond acceptors (Lipinski definition) is 4. The summed E-state index contributed by atoms with van der Waals surface area (Å²) < 4.78 is 10.5. The zero-order valence-electron chi connectivity index (χ0n) is 11.3. The maximum atomic E-state index is 11.6. The summed E-state index contributed by atoms with van der Waals surface area (Å²) in [5.74, 6) is 1.13. The van der Waals surface area contributed by atoms with Crippen LogP contribution in [0, 0.1) is 11.3 Å². The van der Waals surface area contributed by atoms with Gasteiger partial charge < -0.3 is 14.4 Å². The van der Waals surface area contributed by atoms with Gasteiger partial charge in [0.15, 0.2) is 11.5 Å². The fraction of sp³-hybridized carbons (Fsp3) is 0.429. The second-order valence-corrected chi connectivity index (χ2v) is 4.40. The molecule has 5 heteroatoms. The highest BCUT2D eigenvalue weighted by molar-refractivity contribution is 5.75. The van der Waals surface area contributed by atoms with Gasteiger partial charge in [0, 0.05) is 13.5 Å². The number of ether oxygens (including phenoxy) is 2. The number of hydrogen-bond donors (Lipinski definition) is 0. The lowest BCUT2D eigenvalue weighted by atomic mass is 9.92. The molecule has 1 atom stereocenters. The molecule has 5 nitrogen and oxygen atoms in total. The summed E-state index contributed by atoms with van der Waals surface area (Å²) in [7, 11) is 3.13.